The normalized spacial score (nSPS) is 15.9. The lowest BCUT2D eigenvalue weighted by atomic mass is 10.1. The topological polar surface area (TPSA) is 21.3 Å². The number of benzene rings is 1. The van der Waals surface area contributed by atoms with Gasteiger partial charge in [-0.2, -0.15) is 0 Å². The van der Waals surface area contributed by atoms with Crippen molar-refractivity contribution in [1.82, 2.24) is 5.32 Å². The van der Waals surface area contributed by atoms with Crippen LogP contribution in [0, 0.1) is 6.92 Å². The van der Waals surface area contributed by atoms with Crippen LogP contribution in [0.2, 0.25) is 0 Å². The third-order valence-electron chi connectivity index (χ3n) is 2.78. The van der Waals surface area contributed by atoms with E-state index < -0.39 is 0 Å². The molecule has 0 spiro atoms. The van der Waals surface area contributed by atoms with Gasteiger partial charge in [0, 0.05) is 13.1 Å². The fraction of sp³-hybridized carbons (Fsp3) is 0.429. The highest BCUT2D eigenvalue weighted by molar-refractivity contribution is 5.21. The van der Waals surface area contributed by atoms with Crippen molar-refractivity contribution in [3.05, 3.63) is 47.0 Å². The van der Waals surface area contributed by atoms with Crippen LogP contribution in [0.3, 0.4) is 0 Å². The Morgan fingerprint density at radius 2 is 2.00 bits per heavy atom. The Bertz CT molecular complexity index is 354. The van der Waals surface area contributed by atoms with Crippen molar-refractivity contribution in [2.24, 2.45) is 0 Å². The molecule has 16 heavy (non-hydrogen) atoms. The third-order valence-corrected chi connectivity index (χ3v) is 2.78. The lowest BCUT2D eigenvalue weighted by Gasteiger charge is -2.14. The molecule has 1 heterocycles. The largest absolute Gasteiger partial charge is 0.377 e. The van der Waals surface area contributed by atoms with Crippen molar-refractivity contribution in [1.29, 1.82) is 0 Å². The quantitative estimate of drug-likeness (QED) is 0.782. The van der Waals surface area contributed by atoms with E-state index in [9.17, 15) is 0 Å². The number of hydrogen-bond acceptors (Lipinski definition) is 2. The van der Waals surface area contributed by atoms with Crippen LogP contribution >= 0.6 is 0 Å². The Morgan fingerprint density at radius 3 is 2.69 bits per heavy atom. The molecule has 1 aliphatic rings. The molecule has 2 nitrogen and oxygen atoms in total. The molecule has 1 aliphatic heterocycles. The van der Waals surface area contributed by atoms with E-state index >= 15 is 0 Å². The van der Waals surface area contributed by atoms with E-state index in [2.05, 4.69) is 42.6 Å². The molecule has 0 aromatic heterocycles. The zero-order chi connectivity index (χ0) is 11.2. The Hall–Kier alpha value is -1.12. The maximum Gasteiger partial charge on any atom is 0.0689 e. The van der Waals surface area contributed by atoms with Gasteiger partial charge in [0.1, 0.15) is 0 Å². The van der Waals surface area contributed by atoms with Gasteiger partial charge in [-0.25, -0.2) is 0 Å². The number of aryl methyl sites for hydroxylation is 1. The van der Waals surface area contributed by atoms with E-state index in [1.54, 1.807) is 0 Å². The summed E-state index contributed by atoms with van der Waals surface area (Å²) >= 11 is 0. The highest BCUT2D eigenvalue weighted by Crippen LogP contribution is 2.05. The summed E-state index contributed by atoms with van der Waals surface area (Å²) in [5.74, 6) is 0. The van der Waals surface area contributed by atoms with Gasteiger partial charge in [-0.05, 0) is 24.5 Å². The molecule has 0 radical (unpaired) electrons. The van der Waals surface area contributed by atoms with Gasteiger partial charge in [-0.3, -0.25) is 0 Å². The molecule has 1 aromatic carbocycles. The van der Waals surface area contributed by atoms with Gasteiger partial charge in [-0.15, -0.1) is 0 Å². The van der Waals surface area contributed by atoms with Crippen LogP contribution in [0.1, 0.15) is 17.5 Å². The van der Waals surface area contributed by atoms with Gasteiger partial charge >= 0.3 is 0 Å². The molecule has 1 aromatic rings. The van der Waals surface area contributed by atoms with Crippen LogP contribution in [-0.2, 0) is 11.3 Å². The Balaban J connectivity index is 1.75. The van der Waals surface area contributed by atoms with Crippen molar-refractivity contribution in [3.63, 3.8) is 0 Å². The van der Waals surface area contributed by atoms with E-state index in [1.165, 1.54) is 16.7 Å². The lowest BCUT2D eigenvalue weighted by molar-refractivity contribution is 0.149. The van der Waals surface area contributed by atoms with Crippen molar-refractivity contribution in [2.75, 3.05) is 19.8 Å². The van der Waals surface area contributed by atoms with Crippen LogP contribution in [0.4, 0.5) is 0 Å². The summed E-state index contributed by atoms with van der Waals surface area (Å²) in [6.07, 6.45) is 3.34. The second-order valence-electron chi connectivity index (χ2n) is 4.29. The molecule has 0 amide bonds. The summed E-state index contributed by atoms with van der Waals surface area (Å²) in [5.41, 5.74) is 4.02. The molecule has 0 fully saturated rings. The van der Waals surface area contributed by atoms with Crippen LogP contribution in [0.5, 0.6) is 0 Å². The van der Waals surface area contributed by atoms with Crippen molar-refractivity contribution in [2.45, 2.75) is 19.9 Å². The fourth-order valence-electron chi connectivity index (χ4n) is 1.81. The highest BCUT2D eigenvalue weighted by Gasteiger charge is 2.02. The minimum Gasteiger partial charge on any atom is -0.377 e. The number of rotatable bonds is 4. The number of hydrogen-bond donors (Lipinski definition) is 1. The summed E-state index contributed by atoms with van der Waals surface area (Å²) in [6.45, 7) is 5.65. The van der Waals surface area contributed by atoms with Gasteiger partial charge in [-0.1, -0.05) is 35.9 Å². The molecular weight excluding hydrogens is 198 g/mol. The maximum atomic E-state index is 5.39. The Morgan fingerprint density at radius 1 is 1.19 bits per heavy atom. The predicted molar refractivity (Wildman–Crippen MR) is 66.4 cm³/mol. The average molecular weight is 217 g/mol. The first kappa shape index (κ1) is 11.4. The molecule has 86 valence electrons. The monoisotopic (exact) mass is 217 g/mol. The lowest BCUT2D eigenvalue weighted by Crippen LogP contribution is -2.20. The Kier molecular flexibility index (Phi) is 4.14. The summed E-state index contributed by atoms with van der Waals surface area (Å²) in [4.78, 5) is 0. The molecule has 0 aliphatic carbocycles. The van der Waals surface area contributed by atoms with Gasteiger partial charge in [0.25, 0.3) is 0 Å². The predicted octanol–water partition coefficient (Wildman–Crippen LogP) is 2.43. The fourth-order valence-corrected chi connectivity index (χ4v) is 1.81. The third kappa shape index (κ3) is 3.47. The standard InChI is InChI=1S/C14H19NO/c1-12-4-6-13(7-5-12)9-15-10-14-3-2-8-16-11-14/h3-7,15H,2,8-11H2,1H3. The average Bonchev–Trinajstić information content (AvgIpc) is 2.33. The molecule has 1 N–H and O–H groups in total. The number of ether oxygens (including phenoxy) is 1. The minimum atomic E-state index is 0.793. The zero-order valence-electron chi connectivity index (χ0n) is 9.83. The van der Waals surface area contributed by atoms with Crippen LogP contribution in [0.25, 0.3) is 0 Å². The molecule has 2 heteroatoms. The van der Waals surface area contributed by atoms with Crippen molar-refractivity contribution < 1.29 is 4.74 Å². The zero-order valence-corrected chi connectivity index (χ0v) is 9.83. The van der Waals surface area contributed by atoms with E-state index in [1.807, 2.05) is 0 Å². The van der Waals surface area contributed by atoms with E-state index in [4.69, 9.17) is 4.74 Å². The number of nitrogens with one attached hydrogen (secondary N) is 1. The van der Waals surface area contributed by atoms with Crippen LogP contribution in [-0.4, -0.2) is 19.8 Å². The minimum absolute atomic E-state index is 0.793. The Labute approximate surface area is 97.3 Å². The highest BCUT2D eigenvalue weighted by atomic mass is 16.5. The smallest absolute Gasteiger partial charge is 0.0689 e. The van der Waals surface area contributed by atoms with E-state index in [-0.39, 0.29) is 0 Å². The molecule has 0 saturated carbocycles. The molecule has 0 unspecified atom stereocenters. The van der Waals surface area contributed by atoms with E-state index in [0.29, 0.717) is 0 Å². The van der Waals surface area contributed by atoms with Gasteiger partial charge in [0.05, 0.1) is 13.2 Å². The molecule has 0 saturated heterocycles. The summed E-state index contributed by atoms with van der Waals surface area (Å²) < 4.78 is 5.39. The van der Waals surface area contributed by atoms with Gasteiger partial charge in [0.2, 0.25) is 0 Å². The first-order valence-electron chi connectivity index (χ1n) is 5.86. The molecule has 0 atom stereocenters. The van der Waals surface area contributed by atoms with Crippen molar-refractivity contribution >= 4 is 0 Å². The van der Waals surface area contributed by atoms with Gasteiger partial charge in [0.15, 0.2) is 0 Å². The SMILES string of the molecule is Cc1ccc(CNCC2=CCCOC2)cc1. The first-order valence-corrected chi connectivity index (χ1v) is 5.86. The molecule has 2 rings (SSSR count). The summed E-state index contributed by atoms with van der Waals surface area (Å²) in [6, 6.07) is 8.65. The summed E-state index contributed by atoms with van der Waals surface area (Å²) in [5, 5.41) is 3.44. The van der Waals surface area contributed by atoms with E-state index in [0.717, 1.165) is 32.7 Å². The van der Waals surface area contributed by atoms with Crippen molar-refractivity contribution in [3.8, 4) is 0 Å². The second-order valence-corrected chi connectivity index (χ2v) is 4.29. The van der Waals surface area contributed by atoms with Crippen LogP contribution in [0.15, 0.2) is 35.9 Å². The molecule has 0 bridgehead atoms. The van der Waals surface area contributed by atoms with Gasteiger partial charge < -0.3 is 10.1 Å². The second kappa shape index (κ2) is 5.83. The first-order chi connectivity index (χ1) is 7.84. The summed E-state index contributed by atoms with van der Waals surface area (Å²) in [7, 11) is 0. The maximum absolute atomic E-state index is 5.39. The van der Waals surface area contributed by atoms with Crippen LogP contribution < -0.4 is 5.32 Å². The molecular formula is C14H19NO.